The van der Waals surface area contributed by atoms with Crippen LogP contribution in [0.25, 0.3) is 0 Å². The summed E-state index contributed by atoms with van der Waals surface area (Å²) in [5.41, 5.74) is 2.53. The van der Waals surface area contributed by atoms with Gasteiger partial charge in [0, 0.05) is 6.20 Å². The lowest BCUT2D eigenvalue weighted by Gasteiger charge is -2.02. The minimum absolute atomic E-state index is 0.0384. The van der Waals surface area contributed by atoms with Gasteiger partial charge < -0.3 is 5.73 Å². The summed E-state index contributed by atoms with van der Waals surface area (Å²) in [5, 5.41) is 0. The maximum atomic E-state index is 11.9. The van der Waals surface area contributed by atoms with Gasteiger partial charge in [0.05, 0.1) is 0 Å². The minimum Gasteiger partial charge on any atom is -0.393 e. The molecule has 0 aliphatic carbocycles. The average molecular weight is 177 g/mol. The number of aromatic amines is 1. The molecule has 66 valence electrons. The van der Waals surface area contributed by atoms with Crippen LogP contribution in [-0.2, 0) is 0 Å². The molecule has 0 bridgehead atoms. The summed E-state index contributed by atoms with van der Waals surface area (Å²) in [6, 6.07) is 0. The normalized spacial score (nSPS) is 10.6. The van der Waals surface area contributed by atoms with Crippen molar-refractivity contribution >= 4 is 5.69 Å². The van der Waals surface area contributed by atoms with Gasteiger partial charge in [0.2, 0.25) is 0 Å². The van der Waals surface area contributed by atoms with Crippen molar-refractivity contribution < 1.29 is 8.78 Å². The van der Waals surface area contributed by atoms with E-state index in [2.05, 4.69) is 0 Å². The zero-order valence-electron chi connectivity index (χ0n) is 5.75. The van der Waals surface area contributed by atoms with Gasteiger partial charge in [-0.15, -0.1) is 0 Å². The molecule has 0 unspecified atom stereocenters. The summed E-state index contributed by atoms with van der Waals surface area (Å²) in [6.45, 7) is -3.00. The lowest BCUT2D eigenvalue weighted by Crippen LogP contribution is -2.31. The van der Waals surface area contributed by atoms with Crippen LogP contribution in [0.1, 0.15) is 6.55 Å². The van der Waals surface area contributed by atoms with Crippen molar-refractivity contribution in [3.63, 3.8) is 0 Å². The van der Waals surface area contributed by atoms with Crippen molar-refractivity contribution in [1.82, 2.24) is 9.55 Å². The molecule has 12 heavy (non-hydrogen) atoms. The lowest BCUT2D eigenvalue weighted by molar-refractivity contribution is 0.0649. The number of hydrogen-bond acceptors (Lipinski definition) is 3. The Kier molecular flexibility index (Phi) is 1.94. The van der Waals surface area contributed by atoms with Gasteiger partial charge in [0.25, 0.3) is 5.56 Å². The fourth-order valence-electron chi connectivity index (χ4n) is 0.646. The second kappa shape index (κ2) is 2.76. The fraction of sp³-hybridized carbons (Fsp3) is 0.200. The fourth-order valence-corrected chi connectivity index (χ4v) is 0.646. The lowest BCUT2D eigenvalue weighted by atomic mass is 10.5. The summed E-state index contributed by atoms with van der Waals surface area (Å²) >= 11 is 0. The second-order valence-corrected chi connectivity index (χ2v) is 2.03. The van der Waals surface area contributed by atoms with Crippen LogP contribution in [0.5, 0.6) is 0 Å². The highest BCUT2D eigenvalue weighted by molar-refractivity contribution is 5.30. The van der Waals surface area contributed by atoms with Gasteiger partial charge in [-0.25, -0.2) is 9.36 Å². The molecular formula is C5H5F2N3O2. The first-order chi connectivity index (χ1) is 5.52. The zero-order valence-corrected chi connectivity index (χ0v) is 5.75. The number of nitrogen functional groups attached to an aromatic ring is 1. The predicted molar refractivity (Wildman–Crippen MR) is 37.0 cm³/mol. The molecule has 7 heteroatoms. The first-order valence-electron chi connectivity index (χ1n) is 2.91. The highest BCUT2D eigenvalue weighted by Gasteiger charge is 2.09. The van der Waals surface area contributed by atoms with E-state index < -0.39 is 23.5 Å². The second-order valence-electron chi connectivity index (χ2n) is 2.03. The number of halogens is 2. The number of alkyl halides is 2. The number of rotatable bonds is 1. The van der Waals surface area contributed by atoms with E-state index in [1.54, 1.807) is 4.98 Å². The summed E-state index contributed by atoms with van der Waals surface area (Å²) in [7, 11) is 0. The van der Waals surface area contributed by atoms with Crippen molar-refractivity contribution in [2.24, 2.45) is 0 Å². The Labute approximate surface area is 64.4 Å². The number of nitrogens with two attached hydrogens (primary N) is 1. The molecule has 0 aliphatic rings. The van der Waals surface area contributed by atoms with Crippen molar-refractivity contribution in [1.29, 1.82) is 0 Å². The molecule has 1 aromatic heterocycles. The van der Waals surface area contributed by atoms with E-state index in [0.717, 1.165) is 0 Å². The summed E-state index contributed by atoms with van der Waals surface area (Å²) in [5.74, 6) is 0. The van der Waals surface area contributed by atoms with E-state index in [1.165, 1.54) is 0 Å². The molecular weight excluding hydrogens is 172 g/mol. The highest BCUT2D eigenvalue weighted by Crippen LogP contribution is 2.04. The van der Waals surface area contributed by atoms with E-state index in [1.807, 2.05) is 0 Å². The smallest absolute Gasteiger partial charge is 0.332 e. The molecule has 5 nitrogen and oxygen atoms in total. The third kappa shape index (κ3) is 1.34. The van der Waals surface area contributed by atoms with Crippen LogP contribution >= 0.6 is 0 Å². The quantitative estimate of drug-likeness (QED) is 0.607. The highest BCUT2D eigenvalue weighted by atomic mass is 19.3. The number of aromatic nitrogens is 2. The van der Waals surface area contributed by atoms with Crippen LogP contribution in [0.15, 0.2) is 15.8 Å². The van der Waals surface area contributed by atoms with E-state index in [-0.39, 0.29) is 4.57 Å². The topological polar surface area (TPSA) is 80.9 Å². The largest absolute Gasteiger partial charge is 0.393 e. The van der Waals surface area contributed by atoms with Gasteiger partial charge in [0.1, 0.15) is 5.69 Å². The molecule has 0 atom stereocenters. The Morgan fingerprint density at radius 3 is 2.58 bits per heavy atom. The number of anilines is 1. The van der Waals surface area contributed by atoms with Crippen molar-refractivity contribution in [3.8, 4) is 0 Å². The molecule has 0 spiro atoms. The Hall–Kier alpha value is -1.66. The SMILES string of the molecule is Nc1cn(C(F)F)c(=O)[nH]c1=O. The maximum absolute atomic E-state index is 11.9. The minimum atomic E-state index is -3.00. The first-order valence-corrected chi connectivity index (χ1v) is 2.91. The Morgan fingerprint density at radius 2 is 2.08 bits per heavy atom. The average Bonchev–Trinajstić information content (AvgIpc) is 1.96. The van der Waals surface area contributed by atoms with Gasteiger partial charge in [-0.1, -0.05) is 0 Å². The monoisotopic (exact) mass is 177 g/mol. The molecule has 1 aromatic rings. The van der Waals surface area contributed by atoms with Gasteiger partial charge in [-0.2, -0.15) is 8.78 Å². The third-order valence-corrected chi connectivity index (χ3v) is 1.21. The van der Waals surface area contributed by atoms with Gasteiger partial charge in [-0.05, 0) is 0 Å². The number of nitrogens with one attached hydrogen (secondary N) is 1. The van der Waals surface area contributed by atoms with Crippen molar-refractivity contribution in [3.05, 3.63) is 27.0 Å². The molecule has 0 aliphatic heterocycles. The summed E-state index contributed by atoms with van der Waals surface area (Å²) in [4.78, 5) is 22.8. The van der Waals surface area contributed by atoms with E-state index in [9.17, 15) is 18.4 Å². The van der Waals surface area contributed by atoms with Crippen molar-refractivity contribution in [2.75, 3.05) is 5.73 Å². The molecule has 1 heterocycles. The number of hydrogen-bond donors (Lipinski definition) is 2. The summed E-state index contributed by atoms with van der Waals surface area (Å²) in [6.07, 6.45) is 0.603. The summed E-state index contributed by atoms with van der Waals surface area (Å²) < 4.78 is 23.9. The van der Waals surface area contributed by atoms with Gasteiger partial charge >= 0.3 is 12.2 Å². The first kappa shape index (κ1) is 8.44. The van der Waals surface area contributed by atoms with Crippen LogP contribution in [0.3, 0.4) is 0 Å². The molecule has 0 saturated heterocycles. The van der Waals surface area contributed by atoms with Crippen LogP contribution in [-0.4, -0.2) is 9.55 Å². The van der Waals surface area contributed by atoms with Gasteiger partial charge in [0.15, 0.2) is 0 Å². The standard InChI is InChI=1S/C5H5F2N3O2/c6-4(7)10-1-2(8)3(11)9-5(10)12/h1,4H,8H2,(H,9,11,12). The van der Waals surface area contributed by atoms with Crippen LogP contribution < -0.4 is 17.0 Å². The van der Waals surface area contributed by atoms with E-state index in [4.69, 9.17) is 5.73 Å². The molecule has 0 fully saturated rings. The number of H-pyrrole nitrogens is 1. The van der Waals surface area contributed by atoms with Crippen LogP contribution in [0, 0.1) is 0 Å². The third-order valence-electron chi connectivity index (χ3n) is 1.21. The van der Waals surface area contributed by atoms with E-state index >= 15 is 0 Å². The predicted octanol–water partition coefficient (Wildman–Crippen LogP) is -0.486. The Morgan fingerprint density at radius 1 is 1.50 bits per heavy atom. The maximum Gasteiger partial charge on any atom is 0.332 e. The Bertz CT molecular complexity index is 394. The number of nitrogens with zero attached hydrogens (tertiary/aromatic N) is 1. The van der Waals surface area contributed by atoms with Gasteiger partial charge in [-0.3, -0.25) is 9.78 Å². The van der Waals surface area contributed by atoms with Crippen LogP contribution in [0.2, 0.25) is 0 Å². The molecule has 0 aromatic carbocycles. The molecule has 0 amide bonds. The van der Waals surface area contributed by atoms with E-state index in [0.29, 0.717) is 6.20 Å². The Balaban J connectivity index is 3.44. The zero-order chi connectivity index (χ0) is 9.30. The molecule has 1 rings (SSSR count). The molecule has 0 radical (unpaired) electrons. The van der Waals surface area contributed by atoms with Crippen LogP contribution in [0.4, 0.5) is 14.5 Å². The van der Waals surface area contributed by atoms with Crippen molar-refractivity contribution in [2.45, 2.75) is 6.55 Å². The molecule has 0 saturated carbocycles. The molecule has 3 N–H and O–H groups in total.